The van der Waals surface area contributed by atoms with Gasteiger partial charge in [-0.05, 0) is 18.6 Å². The summed E-state index contributed by atoms with van der Waals surface area (Å²) in [6.07, 6.45) is -2.63. The van der Waals surface area contributed by atoms with Gasteiger partial charge in [-0.3, -0.25) is 0 Å². The van der Waals surface area contributed by atoms with Crippen LogP contribution in [0.3, 0.4) is 0 Å². The zero-order valence-corrected chi connectivity index (χ0v) is 11.3. The van der Waals surface area contributed by atoms with E-state index in [1.807, 2.05) is 6.92 Å². The van der Waals surface area contributed by atoms with E-state index in [2.05, 4.69) is 4.98 Å². The monoisotopic (exact) mass is 283 g/mol. The van der Waals surface area contributed by atoms with E-state index in [1.54, 1.807) is 11.6 Å². The quantitative estimate of drug-likeness (QED) is 0.934. The molecule has 0 fully saturated rings. The van der Waals surface area contributed by atoms with E-state index in [9.17, 15) is 13.2 Å². The SMILES string of the molecule is CCCc1nc(-c2ccc(C(F)(F)F)cc2)c(N)n1C. The van der Waals surface area contributed by atoms with Gasteiger partial charge in [-0.1, -0.05) is 19.1 Å². The van der Waals surface area contributed by atoms with Crippen LogP contribution in [0.15, 0.2) is 24.3 Å². The van der Waals surface area contributed by atoms with Crippen LogP contribution in [0.25, 0.3) is 11.3 Å². The van der Waals surface area contributed by atoms with Gasteiger partial charge in [-0.2, -0.15) is 13.2 Å². The zero-order valence-electron chi connectivity index (χ0n) is 11.3. The van der Waals surface area contributed by atoms with Crippen molar-refractivity contribution in [2.75, 3.05) is 5.73 Å². The van der Waals surface area contributed by atoms with Crippen LogP contribution in [0.4, 0.5) is 19.0 Å². The molecular formula is C14H16F3N3. The third-order valence-electron chi connectivity index (χ3n) is 3.19. The minimum atomic E-state index is -4.33. The highest BCUT2D eigenvalue weighted by molar-refractivity contribution is 5.71. The lowest BCUT2D eigenvalue weighted by Gasteiger charge is -2.07. The molecule has 0 aliphatic heterocycles. The summed E-state index contributed by atoms with van der Waals surface area (Å²) in [6, 6.07) is 4.89. The Balaban J connectivity index is 2.39. The first-order valence-corrected chi connectivity index (χ1v) is 6.33. The average Bonchev–Trinajstić information content (AvgIpc) is 2.67. The van der Waals surface area contributed by atoms with Crippen molar-refractivity contribution < 1.29 is 13.2 Å². The van der Waals surface area contributed by atoms with E-state index in [4.69, 9.17) is 5.73 Å². The van der Waals surface area contributed by atoms with Crippen molar-refractivity contribution in [1.82, 2.24) is 9.55 Å². The number of rotatable bonds is 3. The molecule has 0 aliphatic carbocycles. The largest absolute Gasteiger partial charge is 0.416 e. The Kier molecular flexibility index (Phi) is 3.74. The summed E-state index contributed by atoms with van der Waals surface area (Å²) in [7, 11) is 1.81. The van der Waals surface area contributed by atoms with Crippen molar-refractivity contribution in [2.45, 2.75) is 25.9 Å². The molecule has 2 N–H and O–H groups in total. The number of halogens is 3. The number of nitrogen functional groups attached to an aromatic ring is 1. The van der Waals surface area contributed by atoms with Crippen molar-refractivity contribution in [2.24, 2.45) is 7.05 Å². The molecule has 0 atom stereocenters. The summed E-state index contributed by atoms with van der Waals surface area (Å²) < 4.78 is 39.4. The number of nitrogens with two attached hydrogens (primary N) is 1. The van der Waals surface area contributed by atoms with Crippen LogP contribution < -0.4 is 5.73 Å². The highest BCUT2D eigenvalue weighted by Crippen LogP contribution is 2.32. The van der Waals surface area contributed by atoms with Crippen LogP contribution >= 0.6 is 0 Å². The standard InChI is InChI=1S/C14H16F3N3/c1-3-4-11-19-12(13(18)20(11)2)9-5-7-10(8-6-9)14(15,16)17/h5-8H,3-4,18H2,1-2H3. The maximum atomic E-state index is 12.5. The first-order valence-electron chi connectivity index (χ1n) is 6.33. The molecule has 0 unspecified atom stereocenters. The van der Waals surface area contributed by atoms with Crippen LogP contribution in [0.2, 0.25) is 0 Å². The van der Waals surface area contributed by atoms with Crippen LogP contribution in [-0.2, 0) is 19.6 Å². The molecule has 1 heterocycles. The Morgan fingerprint density at radius 2 is 1.80 bits per heavy atom. The van der Waals surface area contributed by atoms with Gasteiger partial charge in [0.05, 0.1) is 5.56 Å². The Bertz CT molecular complexity index is 597. The number of anilines is 1. The van der Waals surface area contributed by atoms with E-state index >= 15 is 0 Å². The minimum absolute atomic E-state index is 0.466. The lowest BCUT2D eigenvalue weighted by Crippen LogP contribution is -2.04. The summed E-state index contributed by atoms with van der Waals surface area (Å²) in [5.41, 5.74) is 6.41. The molecule has 0 amide bonds. The highest BCUT2D eigenvalue weighted by Gasteiger charge is 2.30. The molecule has 0 saturated carbocycles. The fraction of sp³-hybridized carbons (Fsp3) is 0.357. The molecule has 108 valence electrons. The van der Waals surface area contributed by atoms with Gasteiger partial charge >= 0.3 is 6.18 Å². The average molecular weight is 283 g/mol. The van der Waals surface area contributed by atoms with E-state index in [1.165, 1.54) is 12.1 Å². The zero-order chi connectivity index (χ0) is 14.9. The van der Waals surface area contributed by atoms with Crippen LogP contribution in [0, 0.1) is 0 Å². The molecule has 0 saturated heterocycles. The second-order valence-electron chi connectivity index (χ2n) is 4.65. The van der Waals surface area contributed by atoms with E-state index in [-0.39, 0.29) is 0 Å². The van der Waals surface area contributed by atoms with E-state index in [0.717, 1.165) is 30.8 Å². The molecule has 0 aliphatic rings. The Morgan fingerprint density at radius 1 is 1.20 bits per heavy atom. The normalized spacial score (nSPS) is 11.8. The molecule has 0 radical (unpaired) electrons. The van der Waals surface area contributed by atoms with Gasteiger partial charge in [0.1, 0.15) is 17.3 Å². The molecule has 3 nitrogen and oxygen atoms in total. The van der Waals surface area contributed by atoms with Crippen molar-refractivity contribution in [3.63, 3.8) is 0 Å². The summed E-state index contributed by atoms with van der Waals surface area (Å²) >= 11 is 0. The number of hydrogen-bond acceptors (Lipinski definition) is 2. The van der Waals surface area contributed by atoms with E-state index < -0.39 is 11.7 Å². The molecule has 1 aromatic carbocycles. The third kappa shape index (κ3) is 2.64. The van der Waals surface area contributed by atoms with Crippen LogP contribution in [0.5, 0.6) is 0 Å². The highest BCUT2D eigenvalue weighted by atomic mass is 19.4. The molecular weight excluding hydrogens is 267 g/mol. The molecule has 2 rings (SSSR count). The number of nitrogens with zero attached hydrogens (tertiary/aromatic N) is 2. The van der Waals surface area contributed by atoms with Crippen molar-refractivity contribution >= 4 is 5.82 Å². The number of alkyl halides is 3. The van der Waals surface area contributed by atoms with Crippen molar-refractivity contribution in [3.8, 4) is 11.3 Å². The molecule has 20 heavy (non-hydrogen) atoms. The maximum Gasteiger partial charge on any atom is 0.416 e. The van der Waals surface area contributed by atoms with Gasteiger partial charge in [0.2, 0.25) is 0 Å². The molecule has 0 bridgehead atoms. The van der Waals surface area contributed by atoms with Crippen LogP contribution in [0.1, 0.15) is 24.7 Å². The fourth-order valence-electron chi connectivity index (χ4n) is 2.04. The lowest BCUT2D eigenvalue weighted by atomic mass is 10.1. The van der Waals surface area contributed by atoms with Gasteiger partial charge in [0.15, 0.2) is 0 Å². The van der Waals surface area contributed by atoms with Gasteiger partial charge in [0, 0.05) is 19.0 Å². The second kappa shape index (κ2) is 5.19. The number of imidazole rings is 1. The van der Waals surface area contributed by atoms with Crippen molar-refractivity contribution in [3.05, 3.63) is 35.7 Å². The fourth-order valence-corrected chi connectivity index (χ4v) is 2.04. The van der Waals surface area contributed by atoms with Gasteiger partial charge in [-0.25, -0.2) is 4.98 Å². The van der Waals surface area contributed by atoms with Crippen molar-refractivity contribution in [1.29, 1.82) is 0 Å². The first kappa shape index (κ1) is 14.4. The van der Waals surface area contributed by atoms with Gasteiger partial charge in [0.25, 0.3) is 0 Å². The second-order valence-corrected chi connectivity index (χ2v) is 4.65. The topological polar surface area (TPSA) is 43.8 Å². The third-order valence-corrected chi connectivity index (χ3v) is 3.19. The molecule has 1 aromatic heterocycles. The van der Waals surface area contributed by atoms with Crippen LogP contribution in [-0.4, -0.2) is 9.55 Å². The van der Waals surface area contributed by atoms with Gasteiger partial charge in [-0.15, -0.1) is 0 Å². The number of aryl methyl sites for hydroxylation is 1. The maximum absolute atomic E-state index is 12.5. The van der Waals surface area contributed by atoms with E-state index in [0.29, 0.717) is 17.1 Å². The smallest absolute Gasteiger partial charge is 0.383 e. The summed E-state index contributed by atoms with van der Waals surface area (Å²) in [5.74, 6) is 1.30. The predicted molar refractivity (Wildman–Crippen MR) is 72.1 cm³/mol. The Labute approximate surface area is 115 Å². The Hall–Kier alpha value is -1.98. The summed E-state index contributed by atoms with van der Waals surface area (Å²) in [6.45, 7) is 2.03. The lowest BCUT2D eigenvalue weighted by molar-refractivity contribution is -0.137. The number of benzene rings is 1. The molecule has 0 spiro atoms. The molecule has 6 heteroatoms. The number of aromatic nitrogens is 2. The number of hydrogen-bond donors (Lipinski definition) is 1. The Morgan fingerprint density at radius 3 is 2.30 bits per heavy atom. The summed E-state index contributed by atoms with van der Waals surface area (Å²) in [5, 5.41) is 0. The predicted octanol–water partition coefficient (Wildman–Crippen LogP) is 3.64. The molecule has 2 aromatic rings. The summed E-state index contributed by atoms with van der Waals surface area (Å²) in [4.78, 5) is 4.42. The minimum Gasteiger partial charge on any atom is -0.383 e. The first-order chi connectivity index (χ1) is 9.34. The van der Waals surface area contributed by atoms with Gasteiger partial charge < -0.3 is 10.3 Å².